The molecule has 18 heavy (non-hydrogen) atoms. The van der Waals surface area contributed by atoms with Gasteiger partial charge in [-0.15, -0.1) is 11.8 Å². The van der Waals surface area contributed by atoms with E-state index in [9.17, 15) is 9.18 Å². The number of halogens is 1. The molecule has 0 saturated carbocycles. The molecule has 90 valence electrons. The van der Waals surface area contributed by atoms with Crippen LogP contribution in [0.2, 0.25) is 0 Å². The number of hydrogen-bond acceptors (Lipinski definition) is 4. The van der Waals surface area contributed by atoms with Crippen LogP contribution in [0.3, 0.4) is 0 Å². The van der Waals surface area contributed by atoms with E-state index in [0.717, 1.165) is 0 Å². The van der Waals surface area contributed by atoms with Gasteiger partial charge in [-0.25, -0.2) is 9.37 Å². The number of nitrogens with zero attached hydrogens (tertiary/aromatic N) is 2. The molecular formula is C12H8FN3OS. The van der Waals surface area contributed by atoms with Gasteiger partial charge >= 0.3 is 0 Å². The molecule has 2 aromatic rings. The molecule has 0 bridgehead atoms. The highest BCUT2D eigenvalue weighted by Gasteiger charge is 2.13. The summed E-state index contributed by atoms with van der Waals surface area (Å²) in [6.45, 7) is 0. The van der Waals surface area contributed by atoms with Crippen molar-refractivity contribution in [1.82, 2.24) is 9.97 Å². The Morgan fingerprint density at radius 1 is 1.44 bits per heavy atom. The first-order chi connectivity index (χ1) is 8.67. The summed E-state index contributed by atoms with van der Waals surface area (Å²) in [5, 5.41) is 9.14. The molecule has 6 heteroatoms. The number of aromatic amines is 1. The molecule has 1 heterocycles. The van der Waals surface area contributed by atoms with Crippen molar-refractivity contribution in [3.63, 3.8) is 0 Å². The van der Waals surface area contributed by atoms with Crippen LogP contribution in [0.15, 0.2) is 34.1 Å². The topological polar surface area (TPSA) is 69.5 Å². The summed E-state index contributed by atoms with van der Waals surface area (Å²) in [5.74, 6) is -0.348. The van der Waals surface area contributed by atoms with E-state index >= 15 is 0 Å². The van der Waals surface area contributed by atoms with Gasteiger partial charge in [-0.1, -0.05) is 12.1 Å². The summed E-state index contributed by atoms with van der Waals surface area (Å²) in [6.07, 6.45) is 1.70. The Labute approximate surface area is 107 Å². The van der Waals surface area contributed by atoms with Gasteiger partial charge in [0.1, 0.15) is 28.3 Å². The number of nitriles is 1. The van der Waals surface area contributed by atoms with Crippen LogP contribution in [0.5, 0.6) is 0 Å². The van der Waals surface area contributed by atoms with Crippen molar-refractivity contribution in [1.29, 1.82) is 5.26 Å². The molecule has 2 rings (SSSR count). The summed E-state index contributed by atoms with van der Waals surface area (Å²) in [7, 11) is 0. The molecule has 0 spiro atoms. The van der Waals surface area contributed by atoms with Gasteiger partial charge in [-0.3, -0.25) is 4.79 Å². The first kappa shape index (κ1) is 12.3. The van der Waals surface area contributed by atoms with Crippen LogP contribution in [0, 0.1) is 17.1 Å². The average molecular weight is 261 g/mol. The van der Waals surface area contributed by atoms with E-state index in [1.54, 1.807) is 24.5 Å². The van der Waals surface area contributed by atoms with E-state index in [1.807, 2.05) is 0 Å². The van der Waals surface area contributed by atoms with Crippen molar-refractivity contribution >= 4 is 11.8 Å². The molecule has 1 aromatic heterocycles. The molecular weight excluding hydrogens is 253 g/mol. The number of aromatic nitrogens is 2. The van der Waals surface area contributed by atoms with Gasteiger partial charge < -0.3 is 4.98 Å². The predicted octanol–water partition coefficient (Wildman–Crippen LogP) is 2.17. The van der Waals surface area contributed by atoms with Crippen LogP contribution < -0.4 is 5.56 Å². The monoisotopic (exact) mass is 261 g/mol. The number of H-pyrrole nitrogens is 1. The first-order valence-corrected chi connectivity index (χ1v) is 6.23. The average Bonchev–Trinajstić information content (AvgIpc) is 2.38. The highest BCUT2D eigenvalue weighted by Crippen LogP contribution is 2.21. The van der Waals surface area contributed by atoms with E-state index in [-0.39, 0.29) is 17.0 Å². The molecule has 0 unspecified atom stereocenters. The molecule has 1 aromatic carbocycles. The van der Waals surface area contributed by atoms with E-state index in [2.05, 4.69) is 9.97 Å². The lowest BCUT2D eigenvalue weighted by molar-refractivity contribution is 0.629. The Bertz CT molecular complexity index is 690. The third-order valence-electron chi connectivity index (χ3n) is 2.32. The molecule has 0 aliphatic rings. The first-order valence-electron chi connectivity index (χ1n) is 5.00. The van der Waals surface area contributed by atoms with Crippen LogP contribution in [-0.2, 0) is 0 Å². The predicted molar refractivity (Wildman–Crippen MR) is 66.7 cm³/mol. The second-order valence-electron chi connectivity index (χ2n) is 3.39. The third-order valence-corrected chi connectivity index (χ3v) is 3.00. The van der Waals surface area contributed by atoms with E-state index in [4.69, 9.17) is 5.26 Å². The maximum absolute atomic E-state index is 13.6. The van der Waals surface area contributed by atoms with Crippen LogP contribution >= 0.6 is 11.8 Å². The Kier molecular flexibility index (Phi) is 3.44. The quantitative estimate of drug-likeness (QED) is 0.664. The van der Waals surface area contributed by atoms with Crippen LogP contribution in [0.1, 0.15) is 5.56 Å². The van der Waals surface area contributed by atoms with Gasteiger partial charge in [0.25, 0.3) is 5.56 Å². The largest absolute Gasteiger partial charge is 0.305 e. The Balaban J connectivity index is 2.69. The number of benzene rings is 1. The van der Waals surface area contributed by atoms with Crippen molar-refractivity contribution in [2.75, 3.05) is 6.26 Å². The lowest BCUT2D eigenvalue weighted by atomic mass is 10.2. The second-order valence-corrected chi connectivity index (χ2v) is 4.19. The van der Waals surface area contributed by atoms with Gasteiger partial charge in [-0.2, -0.15) is 5.26 Å². The minimum absolute atomic E-state index is 0.0532. The normalized spacial score (nSPS) is 10.1. The van der Waals surface area contributed by atoms with Crippen molar-refractivity contribution in [2.45, 2.75) is 5.03 Å². The fourth-order valence-corrected chi connectivity index (χ4v) is 2.00. The molecule has 0 amide bonds. The van der Waals surface area contributed by atoms with Gasteiger partial charge in [0, 0.05) is 0 Å². The van der Waals surface area contributed by atoms with Crippen LogP contribution in [-0.4, -0.2) is 16.2 Å². The summed E-state index contributed by atoms with van der Waals surface area (Å²) in [6, 6.07) is 7.79. The zero-order valence-electron chi connectivity index (χ0n) is 9.40. The molecule has 0 aliphatic heterocycles. The maximum Gasteiger partial charge on any atom is 0.270 e. The minimum atomic E-state index is -0.560. The summed E-state index contributed by atoms with van der Waals surface area (Å²) in [5.41, 5.74) is -0.410. The summed E-state index contributed by atoms with van der Waals surface area (Å²) in [4.78, 5) is 18.2. The number of rotatable bonds is 2. The highest BCUT2D eigenvalue weighted by molar-refractivity contribution is 7.98. The molecule has 0 saturated heterocycles. The Hall–Kier alpha value is -2.13. The van der Waals surface area contributed by atoms with E-state index in [1.165, 1.54) is 23.9 Å². The van der Waals surface area contributed by atoms with Crippen LogP contribution in [0.25, 0.3) is 11.4 Å². The van der Waals surface area contributed by atoms with Gasteiger partial charge in [0.15, 0.2) is 0 Å². The lowest BCUT2D eigenvalue weighted by Gasteiger charge is -2.05. The smallest absolute Gasteiger partial charge is 0.270 e. The molecule has 0 radical (unpaired) electrons. The van der Waals surface area contributed by atoms with Crippen molar-refractivity contribution in [2.24, 2.45) is 0 Å². The number of nitrogens with one attached hydrogen (secondary N) is 1. The van der Waals surface area contributed by atoms with Gasteiger partial charge in [0.05, 0.1) is 5.56 Å². The standard InChI is InChI=1S/C12H8FN3OS/c1-18-12-8(6-14)11(17)15-10(16-12)7-4-2-3-5-9(7)13/h2-5H,1H3,(H,15,16,17). The van der Waals surface area contributed by atoms with E-state index < -0.39 is 11.4 Å². The minimum Gasteiger partial charge on any atom is -0.305 e. The zero-order chi connectivity index (χ0) is 13.1. The second kappa shape index (κ2) is 5.02. The van der Waals surface area contributed by atoms with Gasteiger partial charge in [-0.05, 0) is 18.4 Å². The van der Waals surface area contributed by atoms with Crippen molar-refractivity contribution in [3.05, 3.63) is 46.0 Å². The fourth-order valence-electron chi connectivity index (χ4n) is 1.48. The van der Waals surface area contributed by atoms with Crippen molar-refractivity contribution < 1.29 is 4.39 Å². The number of thioether (sulfide) groups is 1. The fraction of sp³-hybridized carbons (Fsp3) is 0.0833. The molecule has 0 atom stereocenters. The van der Waals surface area contributed by atoms with Crippen LogP contribution in [0.4, 0.5) is 4.39 Å². The maximum atomic E-state index is 13.6. The lowest BCUT2D eigenvalue weighted by Crippen LogP contribution is -2.14. The highest BCUT2D eigenvalue weighted by atomic mass is 32.2. The third kappa shape index (κ3) is 2.13. The Morgan fingerprint density at radius 2 is 2.17 bits per heavy atom. The van der Waals surface area contributed by atoms with Gasteiger partial charge in [0.2, 0.25) is 0 Å². The zero-order valence-corrected chi connectivity index (χ0v) is 10.2. The molecule has 0 aliphatic carbocycles. The SMILES string of the molecule is CSc1nc(-c2ccccc2F)[nH]c(=O)c1C#N. The molecule has 4 nitrogen and oxygen atoms in total. The Morgan fingerprint density at radius 3 is 2.78 bits per heavy atom. The number of hydrogen-bond donors (Lipinski definition) is 1. The summed E-state index contributed by atoms with van der Waals surface area (Å²) < 4.78 is 13.6. The molecule has 1 N–H and O–H groups in total. The van der Waals surface area contributed by atoms with E-state index in [0.29, 0.717) is 5.03 Å². The summed E-state index contributed by atoms with van der Waals surface area (Å²) >= 11 is 1.17. The van der Waals surface area contributed by atoms with Crippen molar-refractivity contribution in [3.8, 4) is 17.5 Å². The molecule has 0 fully saturated rings.